The van der Waals surface area contributed by atoms with Crippen LogP contribution in [0.2, 0.25) is 0 Å². The van der Waals surface area contributed by atoms with E-state index in [4.69, 9.17) is 14.2 Å². The molecule has 0 saturated heterocycles. The minimum absolute atomic E-state index is 0.0902. The Bertz CT molecular complexity index is 1300. The van der Waals surface area contributed by atoms with Gasteiger partial charge in [0.25, 0.3) is 17.2 Å². The van der Waals surface area contributed by atoms with Gasteiger partial charge < -0.3 is 14.2 Å². The van der Waals surface area contributed by atoms with Crippen molar-refractivity contribution < 1.29 is 23.9 Å². The van der Waals surface area contributed by atoms with Gasteiger partial charge in [0.1, 0.15) is 0 Å². The van der Waals surface area contributed by atoms with Crippen molar-refractivity contribution in [3.05, 3.63) is 73.7 Å². The number of hydrogen-bond acceptors (Lipinski definition) is 8. The minimum Gasteiger partial charge on any atom is -0.493 e. The average Bonchev–Trinajstić information content (AvgIpc) is 3.14. The van der Waals surface area contributed by atoms with Gasteiger partial charge in [0.2, 0.25) is 5.75 Å². The normalized spacial score (nSPS) is 11.1. The summed E-state index contributed by atoms with van der Waals surface area (Å²) in [6.45, 7) is 3.26. The molecule has 0 unspecified atom stereocenters. The van der Waals surface area contributed by atoms with Crippen molar-refractivity contribution in [1.82, 2.24) is 15.2 Å². The zero-order valence-corrected chi connectivity index (χ0v) is 19.2. The number of aromatic nitrogens is 2. The van der Waals surface area contributed by atoms with Gasteiger partial charge in [-0.3, -0.25) is 24.8 Å². The summed E-state index contributed by atoms with van der Waals surface area (Å²) in [5.74, 6) is 0.402. The van der Waals surface area contributed by atoms with Crippen LogP contribution in [0.25, 0.3) is 5.69 Å². The summed E-state index contributed by atoms with van der Waals surface area (Å²) < 4.78 is 17.0. The van der Waals surface area contributed by atoms with E-state index in [1.165, 1.54) is 62.4 Å². The maximum Gasteiger partial charge on any atom is 0.280 e. The number of aryl methyl sites for hydroxylation is 1. The molecule has 2 aromatic carbocycles. The van der Waals surface area contributed by atoms with Crippen molar-refractivity contribution in [2.75, 3.05) is 21.3 Å². The van der Waals surface area contributed by atoms with E-state index < -0.39 is 16.4 Å². The molecule has 3 rings (SSSR count). The number of hydrazone groups is 1. The summed E-state index contributed by atoms with van der Waals surface area (Å²) in [4.78, 5) is 36.0. The van der Waals surface area contributed by atoms with Crippen LogP contribution in [-0.4, -0.2) is 47.7 Å². The van der Waals surface area contributed by atoms with Crippen molar-refractivity contribution in [3.8, 4) is 22.9 Å². The highest BCUT2D eigenvalue weighted by Gasteiger charge is 2.19. The largest absolute Gasteiger partial charge is 0.493 e. The third-order valence-corrected chi connectivity index (χ3v) is 5.00. The summed E-state index contributed by atoms with van der Waals surface area (Å²) in [6, 6.07) is 8.47. The number of carbonyl (C=O) groups excluding carboxylic acids is 1. The first-order valence-corrected chi connectivity index (χ1v) is 9.93. The van der Waals surface area contributed by atoms with Crippen molar-refractivity contribution in [2.24, 2.45) is 5.10 Å². The topological polar surface area (TPSA) is 150 Å². The van der Waals surface area contributed by atoms with E-state index >= 15 is 0 Å². The molecule has 0 radical (unpaired) electrons. The van der Waals surface area contributed by atoms with Crippen LogP contribution in [0, 0.1) is 17.0 Å². The zero-order chi connectivity index (χ0) is 25.0. The summed E-state index contributed by atoms with van der Waals surface area (Å²) in [7, 11) is 4.33. The summed E-state index contributed by atoms with van der Waals surface area (Å²) >= 11 is 0. The average molecular weight is 469 g/mol. The van der Waals surface area contributed by atoms with E-state index in [1.54, 1.807) is 13.8 Å². The number of amides is 1. The Morgan fingerprint density at radius 3 is 2.18 bits per heavy atom. The Labute approximate surface area is 193 Å². The number of rotatable bonds is 8. The highest BCUT2D eigenvalue weighted by atomic mass is 16.6. The first-order valence-electron chi connectivity index (χ1n) is 9.93. The first kappa shape index (κ1) is 24.0. The minimum atomic E-state index is -0.553. The summed E-state index contributed by atoms with van der Waals surface area (Å²) in [6.07, 6.45) is 0. The van der Waals surface area contributed by atoms with Crippen molar-refractivity contribution in [1.29, 1.82) is 0 Å². The standard InChI is InChI=1S/C22H23N5O7/c1-12(23-24-21(28)14-10-17(32-3)20(34-5)18(11-14)33-4)19-13(2)25-26(22(19)29)15-6-8-16(9-7-15)27(30)31/h6-11,25H,1-5H3,(H,24,28). The van der Waals surface area contributed by atoms with Gasteiger partial charge in [0, 0.05) is 23.4 Å². The Morgan fingerprint density at radius 1 is 1.09 bits per heavy atom. The molecule has 178 valence electrons. The summed E-state index contributed by atoms with van der Waals surface area (Å²) in [5, 5.41) is 17.8. The molecule has 34 heavy (non-hydrogen) atoms. The second kappa shape index (κ2) is 9.90. The number of hydrogen-bond donors (Lipinski definition) is 2. The number of nitro benzene ring substituents is 1. The molecule has 3 aromatic rings. The van der Waals surface area contributed by atoms with Crippen LogP contribution >= 0.6 is 0 Å². The number of aromatic amines is 1. The molecule has 12 nitrogen and oxygen atoms in total. The van der Waals surface area contributed by atoms with E-state index in [1.807, 2.05) is 0 Å². The fourth-order valence-corrected chi connectivity index (χ4v) is 3.35. The Hall–Kier alpha value is -4.61. The number of non-ortho nitro benzene ring substituents is 1. The monoisotopic (exact) mass is 469 g/mol. The number of methoxy groups -OCH3 is 3. The van der Waals surface area contributed by atoms with Crippen LogP contribution in [0.15, 0.2) is 46.3 Å². The second-order valence-electron chi connectivity index (χ2n) is 7.08. The van der Waals surface area contributed by atoms with E-state index in [-0.39, 0.29) is 22.5 Å². The quantitative estimate of drug-likeness (QED) is 0.292. The van der Waals surface area contributed by atoms with Gasteiger partial charge in [-0.2, -0.15) is 5.10 Å². The van der Waals surface area contributed by atoms with Gasteiger partial charge >= 0.3 is 0 Å². The summed E-state index contributed by atoms with van der Waals surface area (Å²) in [5.41, 5.74) is 3.56. The third kappa shape index (κ3) is 4.60. The molecule has 0 spiro atoms. The lowest BCUT2D eigenvalue weighted by molar-refractivity contribution is -0.384. The van der Waals surface area contributed by atoms with E-state index in [0.717, 1.165) is 0 Å². The van der Waals surface area contributed by atoms with Gasteiger partial charge in [-0.15, -0.1) is 0 Å². The maximum atomic E-state index is 13.0. The number of ether oxygens (including phenoxy) is 3. The van der Waals surface area contributed by atoms with Crippen molar-refractivity contribution in [2.45, 2.75) is 13.8 Å². The lowest BCUT2D eigenvalue weighted by atomic mass is 10.1. The molecule has 0 aliphatic rings. The highest BCUT2D eigenvalue weighted by molar-refractivity contribution is 6.01. The highest BCUT2D eigenvalue weighted by Crippen LogP contribution is 2.38. The van der Waals surface area contributed by atoms with Gasteiger partial charge in [0.15, 0.2) is 11.5 Å². The van der Waals surface area contributed by atoms with Gasteiger partial charge in [-0.05, 0) is 38.1 Å². The van der Waals surface area contributed by atoms with Gasteiger partial charge in [-0.25, -0.2) is 10.1 Å². The Balaban J connectivity index is 1.88. The lowest BCUT2D eigenvalue weighted by Crippen LogP contribution is -2.23. The molecule has 1 heterocycles. The number of nitro groups is 1. The lowest BCUT2D eigenvalue weighted by Gasteiger charge is -2.13. The fourth-order valence-electron chi connectivity index (χ4n) is 3.35. The van der Waals surface area contributed by atoms with E-state index in [2.05, 4.69) is 15.6 Å². The predicted molar refractivity (Wildman–Crippen MR) is 124 cm³/mol. The van der Waals surface area contributed by atoms with Gasteiger partial charge in [0.05, 0.1) is 43.2 Å². The Kier molecular flexibility index (Phi) is 7.00. The molecular formula is C22H23N5O7. The molecule has 1 aromatic heterocycles. The van der Waals surface area contributed by atoms with Crippen molar-refractivity contribution >= 4 is 17.3 Å². The Morgan fingerprint density at radius 2 is 1.68 bits per heavy atom. The molecule has 12 heteroatoms. The number of nitrogens with zero attached hydrogens (tertiary/aromatic N) is 3. The molecule has 0 fully saturated rings. The van der Waals surface area contributed by atoms with Crippen LogP contribution in [0.1, 0.15) is 28.5 Å². The van der Waals surface area contributed by atoms with Gasteiger partial charge in [-0.1, -0.05) is 0 Å². The maximum absolute atomic E-state index is 13.0. The molecule has 1 amide bonds. The van der Waals surface area contributed by atoms with Crippen LogP contribution in [0.4, 0.5) is 5.69 Å². The fraction of sp³-hybridized carbons (Fsp3) is 0.227. The molecule has 2 N–H and O–H groups in total. The third-order valence-electron chi connectivity index (χ3n) is 5.00. The predicted octanol–water partition coefficient (Wildman–Crippen LogP) is 2.56. The number of H-pyrrole nitrogens is 1. The first-order chi connectivity index (χ1) is 16.2. The second-order valence-corrected chi connectivity index (χ2v) is 7.08. The smallest absolute Gasteiger partial charge is 0.280 e. The zero-order valence-electron chi connectivity index (χ0n) is 19.2. The van der Waals surface area contributed by atoms with E-state index in [0.29, 0.717) is 28.6 Å². The molecule has 0 aliphatic carbocycles. The number of carbonyl (C=O) groups is 1. The number of nitrogens with one attached hydrogen (secondary N) is 2. The van der Waals surface area contributed by atoms with Crippen molar-refractivity contribution in [3.63, 3.8) is 0 Å². The molecular weight excluding hydrogens is 446 g/mol. The molecule has 0 saturated carbocycles. The SMILES string of the molecule is COc1cc(C(=O)NN=C(C)c2c(C)[nH]n(-c3ccc([N+](=O)[O-])cc3)c2=O)cc(OC)c1OC. The molecule has 0 bridgehead atoms. The van der Waals surface area contributed by atoms with Crippen LogP contribution in [0.5, 0.6) is 17.2 Å². The molecule has 0 atom stereocenters. The number of benzene rings is 2. The van der Waals surface area contributed by atoms with Crippen LogP contribution in [0.3, 0.4) is 0 Å². The van der Waals surface area contributed by atoms with Crippen LogP contribution in [-0.2, 0) is 0 Å². The van der Waals surface area contributed by atoms with E-state index in [9.17, 15) is 19.7 Å². The van der Waals surface area contributed by atoms with Crippen LogP contribution < -0.4 is 25.2 Å². The molecule has 0 aliphatic heterocycles.